The molecule has 0 spiro atoms. The van der Waals surface area contributed by atoms with Crippen LogP contribution in [-0.4, -0.2) is 43.8 Å². The van der Waals surface area contributed by atoms with Crippen LogP contribution in [0.4, 0.5) is 4.39 Å². The number of piperidine rings is 1. The van der Waals surface area contributed by atoms with E-state index in [1.165, 1.54) is 10.6 Å². The minimum atomic E-state index is -0.484. The van der Waals surface area contributed by atoms with Crippen LogP contribution >= 0.6 is 0 Å². The van der Waals surface area contributed by atoms with E-state index < -0.39 is 11.5 Å². The van der Waals surface area contributed by atoms with Crippen LogP contribution in [0.25, 0.3) is 5.69 Å². The Bertz CT molecular complexity index is 1100. The van der Waals surface area contributed by atoms with Crippen molar-refractivity contribution in [1.82, 2.24) is 24.8 Å². The highest BCUT2D eigenvalue weighted by Crippen LogP contribution is 2.23. The molecule has 1 aliphatic heterocycles. The maximum absolute atomic E-state index is 14.2. The molecule has 1 aliphatic rings. The lowest BCUT2D eigenvalue weighted by Gasteiger charge is -2.32. The van der Waals surface area contributed by atoms with Gasteiger partial charge < -0.3 is 9.42 Å². The molecule has 3 heterocycles. The lowest BCUT2D eigenvalue weighted by Crippen LogP contribution is -2.41. The number of aryl methyl sites for hydroxylation is 2. The molecule has 4 rings (SSSR count). The number of carbonyl (C=O) groups is 1. The van der Waals surface area contributed by atoms with Crippen molar-refractivity contribution < 1.29 is 13.7 Å². The molecule has 158 valence electrons. The molecule has 0 saturated carbocycles. The fourth-order valence-electron chi connectivity index (χ4n) is 4.08. The number of para-hydroxylation sites is 1. The number of H-pyrrole nitrogens is 1. The van der Waals surface area contributed by atoms with Crippen molar-refractivity contribution in [2.45, 2.75) is 39.5 Å². The van der Waals surface area contributed by atoms with Gasteiger partial charge in [0.15, 0.2) is 0 Å². The monoisotopic (exact) mass is 413 g/mol. The summed E-state index contributed by atoms with van der Waals surface area (Å²) in [5, 5.41) is 10.5. The van der Waals surface area contributed by atoms with Crippen LogP contribution in [-0.2, 0) is 17.6 Å². The van der Waals surface area contributed by atoms with Crippen molar-refractivity contribution in [3.63, 3.8) is 0 Å². The summed E-state index contributed by atoms with van der Waals surface area (Å²) < 4.78 is 20.7. The van der Waals surface area contributed by atoms with Gasteiger partial charge in [-0.1, -0.05) is 17.3 Å². The van der Waals surface area contributed by atoms with E-state index in [1.54, 1.807) is 25.1 Å². The molecule has 3 aromatic rings. The van der Waals surface area contributed by atoms with E-state index >= 15 is 0 Å². The number of benzene rings is 1. The second-order valence-electron chi connectivity index (χ2n) is 7.76. The highest BCUT2D eigenvalue weighted by molar-refractivity contribution is 5.79. The first-order valence-electron chi connectivity index (χ1n) is 10.0. The molecule has 1 saturated heterocycles. The number of rotatable bonds is 5. The molecule has 8 nitrogen and oxygen atoms in total. The second kappa shape index (κ2) is 8.25. The van der Waals surface area contributed by atoms with Gasteiger partial charge >= 0.3 is 5.69 Å². The normalized spacial score (nSPS) is 16.8. The molecule has 1 aromatic carbocycles. The molecule has 0 unspecified atom stereocenters. The van der Waals surface area contributed by atoms with E-state index in [0.29, 0.717) is 31.1 Å². The zero-order valence-electron chi connectivity index (χ0n) is 17.0. The van der Waals surface area contributed by atoms with Crippen molar-refractivity contribution >= 4 is 5.91 Å². The average molecular weight is 413 g/mol. The number of halogens is 1. The van der Waals surface area contributed by atoms with Crippen molar-refractivity contribution in [3.8, 4) is 5.69 Å². The SMILES string of the molecule is Cc1noc(C)c1CC(=O)N1CCC[C@@H](Cc2n[nH]c(=O)n2-c2ccccc2F)C1. The number of carbonyl (C=O) groups excluding carboxylic acids is 1. The van der Waals surface area contributed by atoms with E-state index in [4.69, 9.17) is 4.52 Å². The number of likely N-dealkylation sites (tertiary alicyclic amines) is 1. The maximum atomic E-state index is 14.2. The van der Waals surface area contributed by atoms with Crippen LogP contribution in [0, 0.1) is 25.6 Å². The number of amides is 1. The quantitative estimate of drug-likeness (QED) is 0.692. The van der Waals surface area contributed by atoms with Gasteiger partial charge in [-0.25, -0.2) is 18.9 Å². The summed E-state index contributed by atoms with van der Waals surface area (Å²) in [6, 6.07) is 6.12. The van der Waals surface area contributed by atoms with Crippen molar-refractivity contribution in [2.75, 3.05) is 13.1 Å². The topological polar surface area (TPSA) is 97.0 Å². The number of aromatic nitrogens is 4. The van der Waals surface area contributed by atoms with Crippen LogP contribution in [0.1, 0.15) is 35.7 Å². The standard InChI is InChI=1S/C21H24FN5O3/c1-13-16(14(2)30-25-13)11-20(28)26-9-5-6-15(12-26)10-19-23-24-21(29)27(19)18-8-4-3-7-17(18)22/h3-4,7-8,15H,5-6,9-12H2,1-2H3,(H,24,29)/t15-/m0/s1. The number of hydrogen-bond acceptors (Lipinski definition) is 5. The smallest absolute Gasteiger partial charge is 0.348 e. The molecule has 1 amide bonds. The number of aromatic amines is 1. The van der Waals surface area contributed by atoms with Crippen molar-refractivity contribution in [1.29, 1.82) is 0 Å². The van der Waals surface area contributed by atoms with E-state index in [0.717, 1.165) is 24.1 Å². The lowest BCUT2D eigenvalue weighted by atomic mass is 9.94. The molecule has 1 atom stereocenters. The predicted octanol–water partition coefficient (Wildman–Crippen LogP) is 2.33. The third-order valence-corrected chi connectivity index (χ3v) is 5.69. The van der Waals surface area contributed by atoms with Gasteiger partial charge in [0.05, 0.1) is 17.8 Å². The molecule has 2 aromatic heterocycles. The molecular formula is C21H24FN5O3. The first-order valence-corrected chi connectivity index (χ1v) is 10.0. The predicted molar refractivity (Wildman–Crippen MR) is 107 cm³/mol. The summed E-state index contributed by atoms with van der Waals surface area (Å²) >= 11 is 0. The molecule has 9 heteroatoms. The van der Waals surface area contributed by atoms with Crippen LogP contribution in [0.2, 0.25) is 0 Å². The Morgan fingerprint density at radius 1 is 1.33 bits per heavy atom. The molecule has 0 bridgehead atoms. The van der Waals surface area contributed by atoms with Crippen molar-refractivity contribution in [3.05, 3.63) is 63.4 Å². The van der Waals surface area contributed by atoms with Gasteiger partial charge in [-0.3, -0.25) is 4.79 Å². The average Bonchev–Trinajstić information content (AvgIpc) is 3.25. The van der Waals surface area contributed by atoms with E-state index in [2.05, 4.69) is 15.4 Å². The van der Waals surface area contributed by atoms with E-state index in [9.17, 15) is 14.0 Å². The third-order valence-electron chi connectivity index (χ3n) is 5.69. The van der Waals surface area contributed by atoms with Gasteiger partial charge in [0.25, 0.3) is 0 Å². The van der Waals surface area contributed by atoms with Gasteiger partial charge in [0, 0.05) is 25.1 Å². The number of hydrogen-bond donors (Lipinski definition) is 1. The Labute approximate surface area is 172 Å². The second-order valence-corrected chi connectivity index (χ2v) is 7.76. The van der Waals surface area contributed by atoms with Crippen LogP contribution in [0.5, 0.6) is 0 Å². The Balaban J connectivity index is 1.48. The fourth-order valence-corrected chi connectivity index (χ4v) is 4.08. The summed E-state index contributed by atoms with van der Waals surface area (Å²) in [7, 11) is 0. The first kappa shape index (κ1) is 20.1. The van der Waals surface area contributed by atoms with Crippen LogP contribution < -0.4 is 5.69 Å². The molecule has 1 N–H and O–H groups in total. The Hall–Kier alpha value is -3.23. The fraction of sp³-hybridized carbons (Fsp3) is 0.429. The van der Waals surface area contributed by atoms with E-state index in [1.807, 2.05) is 11.8 Å². The largest absolute Gasteiger partial charge is 0.361 e. The third kappa shape index (κ3) is 3.92. The minimum Gasteiger partial charge on any atom is -0.361 e. The zero-order chi connectivity index (χ0) is 21.3. The summed E-state index contributed by atoms with van der Waals surface area (Å²) in [6.45, 7) is 4.90. The highest BCUT2D eigenvalue weighted by Gasteiger charge is 2.27. The van der Waals surface area contributed by atoms with Crippen LogP contribution in [0.15, 0.2) is 33.6 Å². The molecular weight excluding hydrogens is 389 g/mol. The summed E-state index contributed by atoms with van der Waals surface area (Å²) in [5.74, 6) is 0.813. The van der Waals surface area contributed by atoms with Gasteiger partial charge in [-0.2, -0.15) is 5.10 Å². The first-order chi connectivity index (χ1) is 14.4. The van der Waals surface area contributed by atoms with E-state index in [-0.39, 0.29) is 23.9 Å². The Morgan fingerprint density at radius 3 is 2.87 bits per heavy atom. The highest BCUT2D eigenvalue weighted by atomic mass is 19.1. The molecule has 30 heavy (non-hydrogen) atoms. The summed E-state index contributed by atoms with van der Waals surface area (Å²) in [5.41, 5.74) is 1.27. The van der Waals surface area contributed by atoms with Gasteiger partial charge in [0.1, 0.15) is 17.4 Å². The van der Waals surface area contributed by atoms with Crippen molar-refractivity contribution in [2.24, 2.45) is 5.92 Å². The van der Waals surface area contributed by atoms with Gasteiger partial charge in [-0.15, -0.1) is 0 Å². The minimum absolute atomic E-state index is 0.0302. The Kier molecular flexibility index (Phi) is 5.52. The summed E-state index contributed by atoms with van der Waals surface area (Å²) in [4.78, 5) is 26.9. The molecule has 1 fully saturated rings. The number of nitrogens with one attached hydrogen (secondary N) is 1. The Morgan fingerprint density at radius 2 is 2.13 bits per heavy atom. The lowest BCUT2D eigenvalue weighted by molar-refractivity contribution is -0.132. The maximum Gasteiger partial charge on any atom is 0.348 e. The molecule has 0 aliphatic carbocycles. The van der Waals surface area contributed by atoms with Gasteiger partial charge in [0.2, 0.25) is 5.91 Å². The van der Waals surface area contributed by atoms with Crippen LogP contribution in [0.3, 0.4) is 0 Å². The van der Waals surface area contributed by atoms with Gasteiger partial charge in [-0.05, 0) is 44.7 Å². The zero-order valence-corrected chi connectivity index (χ0v) is 17.0. The number of nitrogens with zero attached hydrogens (tertiary/aromatic N) is 4. The summed E-state index contributed by atoms with van der Waals surface area (Å²) in [6.07, 6.45) is 2.51. The molecule has 0 radical (unpaired) electrons.